The zero-order chi connectivity index (χ0) is 53.4. The normalized spacial score (nSPS) is 17.5. The van der Waals surface area contributed by atoms with Gasteiger partial charge in [-0.2, -0.15) is 8.42 Å². The topological polar surface area (TPSA) is 241 Å². The molecule has 75 heavy (non-hydrogen) atoms. The Balaban J connectivity index is 0.000000205. The number of piperazine rings is 1. The van der Waals surface area contributed by atoms with E-state index in [0.29, 0.717) is 46.7 Å². The van der Waals surface area contributed by atoms with E-state index < -0.39 is 34.3 Å². The Morgan fingerprint density at radius 1 is 0.613 bits per heavy atom. The summed E-state index contributed by atoms with van der Waals surface area (Å²) in [5, 5.41) is 25.8. The van der Waals surface area contributed by atoms with Gasteiger partial charge in [-0.05, 0) is 115 Å². The zero-order valence-electron chi connectivity index (χ0n) is 41.9. The molecule has 3 aliphatic rings. The molecule has 0 aliphatic carbocycles. The minimum absolute atomic E-state index is 0.0208. The van der Waals surface area contributed by atoms with Gasteiger partial charge < -0.3 is 24.8 Å². The number of hydrogen-bond donors (Lipinski definition) is 4. The van der Waals surface area contributed by atoms with Gasteiger partial charge in [0.25, 0.3) is 21.9 Å². The number of cyclic esters (lactones) is 2. The highest BCUT2D eigenvalue weighted by atomic mass is 32.2. The number of amidine groups is 2. The molecule has 6 aromatic carbocycles. The monoisotopic (exact) mass is 1040 g/mol. The first-order valence-corrected chi connectivity index (χ1v) is 26.1. The molecule has 20 heteroatoms. The summed E-state index contributed by atoms with van der Waals surface area (Å²) in [5.41, 5.74) is 3.09. The first-order chi connectivity index (χ1) is 35.9. The second-order valence-corrected chi connectivity index (χ2v) is 20.2. The highest BCUT2D eigenvalue weighted by Crippen LogP contribution is 2.25. The van der Waals surface area contributed by atoms with Gasteiger partial charge in [-0.1, -0.05) is 60.7 Å². The summed E-state index contributed by atoms with van der Waals surface area (Å²) in [6.45, 7) is 9.51. The van der Waals surface area contributed by atoms with Gasteiger partial charge in [0.1, 0.15) is 36.5 Å². The molecule has 19 nitrogen and oxygen atoms in total. The Morgan fingerprint density at radius 3 is 1.49 bits per heavy atom. The van der Waals surface area contributed by atoms with Crippen molar-refractivity contribution in [2.45, 2.75) is 45.1 Å². The average Bonchev–Trinajstić information content (AvgIpc) is 3.97. The van der Waals surface area contributed by atoms with Crippen LogP contribution in [0, 0.1) is 10.8 Å². The van der Waals surface area contributed by atoms with Crippen LogP contribution in [0.2, 0.25) is 0 Å². The summed E-state index contributed by atoms with van der Waals surface area (Å²) in [6.07, 6.45) is -1.22. The number of carbonyl (C=O) groups excluding carboxylic acids is 5. The van der Waals surface area contributed by atoms with Crippen molar-refractivity contribution in [3.63, 3.8) is 0 Å². The van der Waals surface area contributed by atoms with E-state index in [4.69, 9.17) is 29.2 Å². The third-order valence-corrected chi connectivity index (χ3v) is 13.3. The number of rotatable bonds is 14. The van der Waals surface area contributed by atoms with Gasteiger partial charge >= 0.3 is 18.2 Å². The molecule has 9 rings (SSSR count). The molecule has 3 fully saturated rings. The predicted molar refractivity (Wildman–Crippen MR) is 284 cm³/mol. The Hall–Kier alpha value is -8.04. The maximum absolute atomic E-state index is 12.8. The molecule has 0 saturated carbocycles. The number of ether oxygens (including phenoxy) is 3. The van der Waals surface area contributed by atoms with E-state index in [0.717, 1.165) is 54.0 Å². The zero-order valence-corrected chi connectivity index (χ0v) is 42.7. The maximum atomic E-state index is 12.8. The van der Waals surface area contributed by atoms with Gasteiger partial charge in [-0.3, -0.25) is 49.0 Å². The molecule has 6 aromatic rings. The number of esters is 1. The lowest BCUT2D eigenvalue weighted by atomic mass is 10.1. The van der Waals surface area contributed by atoms with Crippen molar-refractivity contribution >= 4 is 84.7 Å². The fraction of sp³-hybridized carbons (Fsp3) is 0.291. The lowest BCUT2D eigenvalue weighted by molar-refractivity contribution is -0.154. The number of nitrogens with one attached hydrogen (secondary N) is 4. The number of carbonyl (C=O) groups is 5. The number of nitrogens with zero attached hydrogens (tertiary/aromatic N) is 4. The van der Waals surface area contributed by atoms with E-state index in [1.54, 1.807) is 77.7 Å². The second kappa shape index (κ2) is 23.4. The van der Waals surface area contributed by atoms with Gasteiger partial charge in [0.05, 0.1) is 25.4 Å². The molecule has 390 valence electrons. The minimum atomic E-state index is -3.64. The highest BCUT2D eigenvalue weighted by Gasteiger charge is 2.36. The molecule has 4 amide bonds. The van der Waals surface area contributed by atoms with Gasteiger partial charge in [0.2, 0.25) is 0 Å². The molecule has 0 bridgehead atoms. The molecular weight excluding hydrogens is 981 g/mol. The van der Waals surface area contributed by atoms with Crippen LogP contribution >= 0.6 is 0 Å². The molecule has 3 heterocycles. The Bertz CT molecular complexity index is 3240. The molecular formula is C55H58N8O11S. The van der Waals surface area contributed by atoms with Crippen molar-refractivity contribution in [3.8, 4) is 0 Å². The van der Waals surface area contributed by atoms with Crippen molar-refractivity contribution in [1.82, 2.24) is 20.4 Å². The van der Waals surface area contributed by atoms with Crippen LogP contribution in [0.5, 0.6) is 0 Å². The number of anilines is 2. The molecule has 0 spiro atoms. The third kappa shape index (κ3) is 13.8. The van der Waals surface area contributed by atoms with E-state index in [1.165, 1.54) is 4.90 Å². The molecule has 4 N–H and O–H groups in total. The number of fused-ring (bicyclic) bond motifs is 2. The van der Waals surface area contributed by atoms with E-state index in [9.17, 15) is 32.4 Å². The van der Waals surface area contributed by atoms with Gasteiger partial charge in [-0.15, -0.1) is 0 Å². The van der Waals surface area contributed by atoms with Gasteiger partial charge in [0, 0.05) is 66.4 Å². The minimum Gasteiger partial charge on any atom is -0.462 e. The Morgan fingerprint density at radius 2 is 1.04 bits per heavy atom. The second-order valence-electron chi connectivity index (χ2n) is 18.6. The van der Waals surface area contributed by atoms with Crippen molar-refractivity contribution in [1.29, 1.82) is 10.8 Å². The molecule has 0 aromatic heterocycles. The van der Waals surface area contributed by atoms with Crippen molar-refractivity contribution in [3.05, 3.63) is 156 Å². The molecule has 3 saturated heterocycles. The standard InChI is InChI=1S/C32H37N5O5.C23H21N3O6S/c1-21(2)41-31(39)22(3)36-16-14-35(15-17-36)19-28-20-37(32(40)42-28)27-12-10-24(11-13-27)29(33)34-30(38)26-9-8-23-6-4-5-7-25(23)18-26;1-33(29,30)31-14-20-13-26(23(28)32-20)19-10-8-16(9-11-19)21(24)25-22(27)18-7-6-15-4-2-3-5-17(15)12-18/h4-13,18,21-22,28H,14-17,19-20H2,1-3H3,(H2,33,34,38);2-12,20H,13-14H2,1H3,(H2,24,25,27). The maximum Gasteiger partial charge on any atom is 0.414 e. The first kappa shape index (κ1) is 53.3. The summed E-state index contributed by atoms with van der Waals surface area (Å²) >= 11 is 0. The smallest absolute Gasteiger partial charge is 0.414 e. The van der Waals surface area contributed by atoms with Gasteiger partial charge in [0.15, 0.2) is 0 Å². The number of benzene rings is 6. The first-order valence-electron chi connectivity index (χ1n) is 24.3. The van der Waals surface area contributed by atoms with Crippen LogP contribution in [-0.2, 0) is 33.3 Å². The highest BCUT2D eigenvalue weighted by molar-refractivity contribution is 7.86. The SMILES string of the molecule is CC(C)OC(=O)C(C)N1CCN(CC2CN(c3ccc(C(=N)NC(=O)c4ccc5ccccc5c4)cc3)C(=O)O2)CC1.CS(=O)(=O)OCC1CN(c2ccc(C(=N)NC(=O)c3ccc4ccccc4c3)cc2)C(=O)O1. The summed E-state index contributed by atoms with van der Waals surface area (Å²) in [5.74, 6) is -1.05. The van der Waals surface area contributed by atoms with E-state index in [2.05, 4.69) is 20.4 Å². The van der Waals surface area contributed by atoms with Crippen LogP contribution in [0.3, 0.4) is 0 Å². The summed E-state index contributed by atoms with van der Waals surface area (Å²) in [6, 6.07) is 39.3. The van der Waals surface area contributed by atoms with Crippen molar-refractivity contribution in [2.75, 3.05) is 68.5 Å². The van der Waals surface area contributed by atoms with Crippen molar-refractivity contribution in [2.24, 2.45) is 0 Å². The Kier molecular flexibility index (Phi) is 16.6. The van der Waals surface area contributed by atoms with Crippen LogP contribution in [0.1, 0.15) is 52.6 Å². The third-order valence-electron chi connectivity index (χ3n) is 12.8. The number of hydrogen-bond acceptors (Lipinski definition) is 15. The van der Waals surface area contributed by atoms with Crippen LogP contribution in [0.25, 0.3) is 21.5 Å². The quantitative estimate of drug-likeness (QED) is 0.0290. The lowest BCUT2D eigenvalue weighted by Gasteiger charge is -2.37. The van der Waals surface area contributed by atoms with E-state index in [-0.39, 0.29) is 54.9 Å². The average molecular weight is 1040 g/mol. The summed E-state index contributed by atoms with van der Waals surface area (Å²) in [4.78, 5) is 69.7. The van der Waals surface area contributed by atoms with Gasteiger partial charge in [-0.25, -0.2) is 9.59 Å². The fourth-order valence-corrected chi connectivity index (χ4v) is 9.14. The van der Waals surface area contributed by atoms with Crippen LogP contribution in [0.15, 0.2) is 133 Å². The molecule has 3 unspecified atom stereocenters. The Labute approximate surface area is 434 Å². The molecule has 0 radical (unpaired) electrons. The largest absolute Gasteiger partial charge is 0.462 e. The van der Waals surface area contributed by atoms with Crippen LogP contribution in [0.4, 0.5) is 21.0 Å². The van der Waals surface area contributed by atoms with Crippen molar-refractivity contribution < 1.29 is 50.8 Å². The van der Waals surface area contributed by atoms with E-state index >= 15 is 0 Å². The predicted octanol–water partition coefficient (Wildman–Crippen LogP) is 6.77. The summed E-state index contributed by atoms with van der Waals surface area (Å²) < 4.78 is 43.1. The summed E-state index contributed by atoms with van der Waals surface area (Å²) in [7, 11) is -3.64. The molecule has 3 aliphatic heterocycles. The fourth-order valence-electron chi connectivity index (χ4n) is 8.74. The number of amides is 4. The van der Waals surface area contributed by atoms with Crippen LogP contribution in [-0.4, -0.2) is 143 Å². The lowest BCUT2D eigenvalue weighted by Crippen LogP contribution is -2.53. The van der Waals surface area contributed by atoms with E-state index in [1.807, 2.05) is 81.4 Å². The van der Waals surface area contributed by atoms with Crippen LogP contribution < -0.4 is 20.4 Å². The molecule has 3 atom stereocenters.